The van der Waals surface area contributed by atoms with Crippen molar-refractivity contribution in [2.45, 2.75) is 0 Å². The lowest BCUT2D eigenvalue weighted by Crippen LogP contribution is -2.01. The van der Waals surface area contributed by atoms with Gasteiger partial charge in [-0.15, -0.1) is 0 Å². The standard InChI is InChI=1S/C55H35N3O/c1-3-13-36(14-4-1)37-23-27-40(28-24-37)53-56-54(58-55(57-53)50-21-10-7-17-43(50)38-15-5-2-6-16-38)41-29-25-39(26-30-41)44-33-34-45(47-19-9-8-18-46(44)47)42-31-32-49-48-20-11-12-22-51(48)59-52(49)35-42/h1-35H. The van der Waals surface area contributed by atoms with Crippen LogP contribution in [0.2, 0.25) is 0 Å². The molecule has 0 saturated heterocycles. The zero-order chi connectivity index (χ0) is 39.1. The van der Waals surface area contributed by atoms with Crippen LogP contribution in [0.25, 0.3) is 111 Å². The summed E-state index contributed by atoms with van der Waals surface area (Å²) in [5, 5.41) is 4.64. The van der Waals surface area contributed by atoms with Crippen LogP contribution in [0.4, 0.5) is 0 Å². The number of hydrogen-bond acceptors (Lipinski definition) is 4. The Morgan fingerprint density at radius 3 is 1.32 bits per heavy atom. The Hall–Kier alpha value is -7.95. The van der Waals surface area contributed by atoms with Crippen molar-refractivity contribution < 1.29 is 4.42 Å². The molecule has 0 fully saturated rings. The largest absolute Gasteiger partial charge is 0.456 e. The second-order valence-corrected chi connectivity index (χ2v) is 14.8. The van der Waals surface area contributed by atoms with Gasteiger partial charge in [0.05, 0.1) is 0 Å². The molecule has 0 saturated carbocycles. The molecule has 11 aromatic rings. The Balaban J connectivity index is 0.989. The van der Waals surface area contributed by atoms with Crippen molar-refractivity contribution in [3.63, 3.8) is 0 Å². The fourth-order valence-corrected chi connectivity index (χ4v) is 8.24. The van der Waals surface area contributed by atoms with E-state index < -0.39 is 0 Å². The van der Waals surface area contributed by atoms with E-state index in [2.05, 4.69) is 182 Å². The van der Waals surface area contributed by atoms with Crippen LogP contribution in [-0.4, -0.2) is 15.0 Å². The van der Waals surface area contributed by atoms with Gasteiger partial charge in [-0.25, -0.2) is 15.0 Å². The molecule has 0 radical (unpaired) electrons. The molecule has 0 aliphatic carbocycles. The van der Waals surface area contributed by atoms with Crippen molar-refractivity contribution in [2.24, 2.45) is 0 Å². The Kier molecular flexibility index (Phi) is 8.45. The maximum absolute atomic E-state index is 6.27. The number of benzene rings is 9. The van der Waals surface area contributed by atoms with E-state index in [-0.39, 0.29) is 0 Å². The first-order valence-corrected chi connectivity index (χ1v) is 19.8. The second-order valence-electron chi connectivity index (χ2n) is 14.8. The van der Waals surface area contributed by atoms with Crippen molar-refractivity contribution >= 4 is 32.7 Å². The molecule has 11 rings (SSSR count). The summed E-state index contributed by atoms with van der Waals surface area (Å²) in [6.45, 7) is 0. The molecule has 0 aliphatic heterocycles. The van der Waals surface area contributed by atoms with Crippen LogP contribution in [0.1, 0.15) is 0 Å². The Labute approximate surface area is 341 Å². The summed E-state index contributed by atoms with van der Waals surface area (Å²) in [6.07, 6.45) is 0. The molecule has 0 aliphatic rings. The first-order valence-electron chi connectivity index (χ1n) is 19.8. The van der Waals surface area contributed by atoms with Crippen LogP contribution in [0.5, 0.6) is 0 Å². The average molecular weight is 754 g/mol. The minimum Gasteiger partial charge on any atom is -0.456 e. The summed E-state index contributed by atoms with van der Waals surface area (Å²) >= 11 is 0. The van der Waals surface area contributed by atoms with Gasteiger partial charge in [-0.3, -0.25) is 0 Å². The van der Waals surface area contributed by atoms with Gasteiger partial charge in [0.1, 0.15) is 11.2 Å². The lowest BCUT2D eigenvalue weighted by molar-refractivity contribution is 0.669. The van der Waals surface area contributed by atoms with Gasteiger partial charge in [0, 0.05) is 27.5 Å². The minimum atomic E-state index is 0.618. The molecule has 0 N–H and O–H groups in total. The first-order chi connectivity index (χ1) is 29.2. The van der Waals surface area contributed by atoms with E-state index >= 15 is 0 Å². The van der Waals surface area contributed by atoms with Crippen molar-refractivity contribution in [3.8, 4) is 78.7 Å². The summed E-state index contributed by atoms with van der Waals surface area (Å²) in [4.78, 5) is 15.4. The lowest BCUT2D eigenvalue weighted by Gasteiger charge is -2.14. The van der Waals surface area contributed by atoms with Crippen LogP contribution in [0.15, 0.2) is 217 Å². The van der Waals surface area contributed by atoms with E-state index in [1.54, 1.807) is 0 Å². The van der Waals surface area contributed by atoms with E-state index in [1.165, 1.54) is 21.9 Å². The van der Waals surface area contributed by atoms with Crippen LogP contribution in [-0.2, 0) is 0 Å². The van der Waals surface area contributed by atoms with Gasteiger partial charge in [0.25, 0.3) is 0 Å². The van der Waals surface area contributed by atoms with Crippen molar-refractivity contribution in [1.82, 2.24) is 15.0 Å². The lowest BCUT2D eigenvalue weighted by atomic mass is 9.91. The Morgan fingerprint density at radius 2 is 0.661 bits per heavy atom. The molecule has 0 amide bonds. The van der Waals surface area contributed by atoms with Crippen molar-refractivity contribution in [1.29, 1.82) is 0 Å². The first kappa shape index (κ1) is 34.3. The molecule has 0 unspecified atom stereocenters. The summed E-state index contributed by atoms with van der Waals surface area (Å²) in [5.41, 5.74) is 13.6. The summed E-state index contributed by atoms with van der Waals surface area (Å²) in [6, 6.07) is 74.0. The summed E-state index contributed by atoms with van der Waals surface area (Å²) in [5.74, 6) is 1.87. The van der Waals surface area contributed by atoms with Crippen LogP contribution in [0, 0.1) is 0 Å². The zero-order valence-electron chi connectivity index (χ0n) is 32.0. The highest BCUT2D eigenvalue weighted by Gasteiger charge is 2.17. The molecule has 4 heteroatoms. The van der Waals surface area contributed by atoms with Gasteiger partial charge in [0.15, 0.2) is 17.5 Å². The average Bonchev–Trinajstić information content (AvgIpc) is 3.70. The fourth-order valence-electron chi connectivity index (χ4n) is 8.24. The van der Waals surface area contributed by atoms with Gasteiger partial charge < -0.3 is 4.42 Å². The predicted octanol–water partition coefficient (Wildman–Crippen LogP) is 14.6. The number of fused-ring (bicyclic) bond motifs is 4. The molecule has 4 nitrogen and oxygen atoms in total. The number of para-hydroxylation sites is 1. The maximum Gasteiger partial charge on any atom is 0.164 e. The molecule has 59 heavy (non-hydrogen) atoms. The Bertz CT molecular complexity index is 3300. The van der Waals surface area contributed by atoms with Gasteiger partial charge in [-0.05, 0) is 73.5 Å². The molecular formula is C55H35N3O. The van der Waals surface area contributed by atoms with E-state index in [0.29, 0.717) is 17.5 Å². The maximum atomic E-state index is 6.27. The van der Waals surface area contributed by atoms with Gasteiger partial charge in [-0.2, -0.15) is 0 Å². The third kappa shape index (κ3) is 6.34. The third-order valence-electron chi connectivity index (χ3n) is 11.2. The molecule has 0 bridgehead atoms. The number of nitrogens with zero attached hydrogens (tertiary/aromatic N) is 3. The molecule has 9 aromatic carbocycles. The molecule has 2 heterocycles. The van der Waals surface area contributed by atoms with E-state index in [4.69, 9.17) is 19.4 Å². The van der Waals surface area contributed by atoms with Gasteiger partial charge in [0.2, 0.25) is 0 Å². The predicted molar refractivity (Wildman–Crippen MR) is 243 cm³/mol. The quantitative estimate of drug-likeness (QED) is 0.163. The normalized spacial score (nSPS) is 11.4. The molecule has 276 valence electrons. The van der Waals surface area contributed by atoms with Crippen LogP contribution >= 0.6 is 0 Å². The fraction of sp³-hybridized carbons (Fsp3) is 0. The number of furan rings is 1. The molecule has 2 aromatic heterocycles. The Morgan fingerprint density at radius 1 is 0.237 bits per heavy atom. The number of rotatable bonds is 7. The summed E-state index contributed by atoms with van der Waals surface area (Å²) < 4.78 is 6.27. The monoisotopic (exact) mass is 753 g/mol. The topological polar surface area (TPSA) is 51.8 Å². The van der Waals surface area contributed by atoms with Crippen molar-refractivity contribution in [2.75, 3.05) is 0 Å². The number of aromatic nitrogens is 3. The summed E-state index contributed by atoms with van der Waals surface area (Å²) in [7, 11) is 0. The van der Waals surface area contributed by atoms with E-state index in [9.17, 15) is 0 Å². The van der Waals surface area contributed by atoms with E-state index in [0.717, 1.165) is 72.0 Å². The molecule has 0 spiro atoms. The zero-order valence-corrected chi connectivity index (χ0v) is 32.0. The third-order valence-corrected chi connectivity index (χ3v) is 11.2. The van der Waals surface area contributed by atoms with Crippen molar-refractivity contribution in [3.05, 3.63) is 212 Å². The highest BCUT2D eigenvalue weighted by molar-refractivity contribution is 6.09. The van der Waals surface area contributed by atoms with E-state index in [1.807, 2.05) is 30.3 Å². The SMILES string of the molecule is c1ccc(-c2ccc(-c3nc(-c4ccc(-c5ccc(-c6ccc7c(c6)oc6ccccc67)c6ccccc56)cc4)nc(-c4ccccc4-c4ccccc4)n3)cc2)cc1. The highest BCUT2D eigenvalue weighted by atomic mass is 16.3. The molecular weight excluding hydrogens is 719 g/mol. The van der Waals surface area contributed by atoms with Gasteiger partial charge in [-0.1, -0.05) is 194 Å². The number of hydrogen-bond donors (Lipinski definition) is 0. The smallest absolute Gasteiger partial charge is 0.164 e. The highest BCUT2D eigenvalue weighted by Crippen LogP contribution is 2.39. The van der Waals surface area contributed by atoms with Crippen LogP contribution in [0.3, 0.4) is 0 Å². The second kappa shape index (κ2) is 14.5. The van der Waals surface area contributed by atoms with Gasteiger partial charge >= 0.3 is 0 Å². The van der Waals surface area contributed by atoms with Crippen LogP contribution < -0.4 is 0 Å². The minimum absolute atomic E-state index is 0.618. The molecule has 0 atom stereocenters.